The van der Waals surface area contributed by atoms with Crippen molar-refractivity contribution in [3.63, 3.8) is 0 Å². The molecule has 0 bridgehead atoms. The Morgan fingerprint density at radius 1 is 1.23 bits per heavy atom. The summed E-state index contributed by atoms with van der Waals surface area (Å²) in [5.74, 6) is 1.08. The van der Waals surface area contributed by atoms with Crippen LogP contribution < -0.4 is 0 Å². The molecule has 2 fully saturated rings. The van der Waals surface area contributed by atoms with Gasteiger partial charge in [0.25, 0.3) is 0 Å². The van der Waals surface area contributed by atoms with E-state index in [1.54, 1.807) is 0 Å². The minimum atomic E-state index is 0.0865. The molecule has 0 aromatic carbocycles. The standard InChI is InChI=1S/C18H30N2O2/c21-13-12-20-15-18(7-6-17(20)22)8-10-19(11-9-18)14-16-4-2-1-3-5-16/h1-2,16,21H,3-15H2. The van der Waals surface area contributed by atoms with Gasteiger partial charge in [-0.3, -0.25) is 4.79 Å². The van der Waals surface area contributed by atoms with Crippen LogP contribution in [0, 0.1) is 11.3 Å². The average Bonchev–Trinajstić information content (AvgIpc) is 2.55. The quantitative estimate of drug-likeness (QED) is 0.808. The number of likely N-dealkylation sites (tertiary alicyclic amines) is 2. The van der Waals surface area contributed by atoms with Crippen LogP contribution in [0.4, 0.5) is 0 Å². The predicted octanol–water partition coefficient (Wildman–Crippen LogP) is 2.04. The Hall–Kier alpha value is -0.870. The van der Waals surface area contributed by atoms with Crippen molar-refractivity contribution in [3.05, 3.63) is 12.2 Å². The van der Waals surface area contributed by atoms with Gasteiger partial charge in [0.2, 0.25) is 5.91 Å². The van der Waals surface area contributed by atoms with Crippen LogP contribution in [0.25, 0.3) is 0 Å². The van der Waals surface area contributed by atoms with Gasteiger partial charge in [0.1, 0.15) is 0 Å². The van der Waals surface area contributed by atoms with Crippen molar-refractivity contribution in [1.29, 1.82) is 0 Å². The molecule has 2 saturated heterocycles. The first-order valence-electron chi connectivity index (χ1n) is 8.97. The summed E-state index contributed by atoms with van der Waals surface area (Å²) < 4.78 is 0. The molecule has 124 valence electrons. The zero-order valence-electron chi connectivity index (χ0n) is 13.7. The molecular weight excluding hydrogens is 276 g/mol. The fraction of sp³-hybridized carbons (Fsp3) is 0.833. The highest BCUT2D eigenvalue weighted by molar-refractivity contribution is 5.77. The normalized spacial score (nSPS) is 29.2. The molecule has 1 atom stereocenters. The Bertz CT molecular complexity index is 413. The van der Waals surface area contributed by atoms with Crippen LogP contribution in [0.2, 0.25) is 0 Å². The number of β-amino-alcohol motifs (C(OH)–C–C–N with tert-alkyl or cyclic N) is 1. The summed E-state index contributed by atoms with van der Waals surface area (Å²) >= 11 is 0. The van der Waals surface area contributed by atoms with Crippen LogP contribution in [0.1, 0.15) is 44.9 Å². The van der Waals surface area contributed by atoms with Gasteiger partial charge in [-0.1, -0.05) is 12.2 Å². The van der Waals surface area contributed by atoms with Crippen LogP contribution in [0.5, 0.6) is 0 Å². The van der Waals surface area contributed by atoms with Gasteiger partial charge in [-0.25, -0.2) is 0 Å². The summed E-state index contributed by atoms with van der Waals surface area (Å²) in [5, 5.41) is 9.14. The average molecular weight is 306 g/mol. The highest BCUT2D eigenvalue weighted by Crippen LogP contribution is 2.40. The second-order valence-corrected chi connectivity index (χ2v) is 7.49. The monoisotopic (exact) mass is 306 g/mol. The number of amides is 1. The van der Waals surface area contributed by atoms with Crippen molar-refractivity contribution in [3.8, 4) is 0 Å². The molecule has 3 aliphatic rings. The minimum Gasteiger partial charge on any atom is -0.395 e. The van der Waals surface area contributed by atoms with Gasteiger partial charge in [0.15, 0.2) is 0 Å². The van der Waals surface area contributed by atoms with E-state index in [4.69, 9.17) is 5.11 Å². The summed E-state index contributed by atoms with van der Waals surface area (Å²) in [6.45, 7) is 5.08. The maximum Gasteiger partial charge on any atom is 0.222 e. The molecule has 1 unspecified atom stereocenters. The van der Waals surface area contributed by atoms with E-state index in [1.165, 1.54) is 51.7 Å². The van der Waals surface area contributed by atoms with Gasteiger partial charge in [-0.05, 0) is 62.9 Å². The second-order valence-electron chi connectivity index (χ2n) is 7.49. The summed E-state index contributed by atoms with van der Waals surface area (Å²) in [7, 11) is 0. The number of aliphatic hydroxyl groups is 1. The van der Waals surface area contributed by atoms with Gasteiger partial charge < -0.3 is 14.9 Å². The van der Waals surface area contributed by atoms with Crippen LogP contribution in [-0.4, -0.2) is 60.1 Å². The lowest BCUT2D eigenvalue weighted by Crippen LogP contribution is -2.52. The summed E-state index contributed by atoms with van der Waals surface area (Å²) in [4.78, 5) is 16.5. The first kappa shape index (κ1) is 16.0. The number of piperidine rings is 2. The number of carbonyl (C=O) groups is 1. The number of allylic oxidation sites excluding steroid dienone is 2. The molecule has 2 aliphatic heterocycles. The molecule has 0 radical (unpaired) electrons. The largest absolute Gasteiger partial charge is 0.395 e. The van der Waals surface area contributed by atoms with Crippen LogP contribution in [0.15, 0.2) is 12.2 Å². The highest BCUT2D eigenvalue weighted by atomic mass is 16.3. The van der Waals surface area contributed by atoms with Crippen molar-refractivity contribution < 1.29 is 9.90 Å². The topological polar surface area (TPSA) is 43.8 Å². The third kappa shape index (κ3) is 3.72. The fourth-order valence-electron chi connectivity index (χ4n) is 4.43. The maximum atomic E-state index is 11.9. The summed E-state index contributed by atoms with van der Waals surface area (Å²) in [6, 6.07) is 0. The Labute approximate surface area is 134 Å². The Kier molecular flexibility index (Phi) is 5.19. The molecule has 0 aromatic rings. The summed E-state index contributed by atoms with van der Waals surface area (Å²) in [5.41, 5.74) is 0.325. The van der Waals surface area contributed by atoms with E-state index in [9.17, 15) is 4.79 Å². The fourth-order valence-corrected chi connectivity index (χ4v) is 4.43. The van der Waals surface area contributed by atoms with E-state index < -0.39 is 0 Å². The van der Waals surface area contributed by atoms with E-state index in [-0.39, 0.29) is 12.5 Å². The molecular formula is C18H30N2O2. The number of carbonyl (C=O) groups excluding carboxylic acids is 1. The number of rotatable bonds is 4. The second kappa shape index (κ2) is 7.14. The van der Waals surface area contributed by atoms with E-state index in [1.807, 2.05) is 4.90 Å². The van der Waals surface area contributed by atoms with E-state index >= 15 is 0 Å². The zero-order valence-corrected chi connectivity index (χ0v) is 13.7. The molecule has 4 nitrogen and oxygen atoms in total. The molecule has 3 rings (SSSR count). The smallest absolute Gasteiger partial charge is 0.222 e. The maximum absolute atomic E-state index is 11.9. The zero-order chi connectivity index (χ0) is 15.4. The highest BCUT2D eigenvalue weighted by Gasteiger charge is 2.40. The third-order valence-corrected chi connectivity index (χ3v) is 5.93. The van der Waals surface area contributed by atoms with Gasteiger partial charge in [-0.15, -0.1) is 0 Å². The van der Waals surface area contributed by atoms with E-state index in [2.05, 4.69) is 17.1 Å². The Balaban J connectivity index is 1.50. The third-order valence-electron chi connectivity index (χ3n) is 5.93. The number of hydrogen-bond donors (Lipinski definition) is 1. The van der Waals surface area contributed by atoms with E-state index in [0.717, 1.165) is 18.9 Å². The van der Waals surface area contributed by atoms with Crippen molar-refractivity contribution >= 4 is 5.91 Å². The van der Waals surface area contributed by atoms with Gasteiger partial charge in [0.05, 0.1) is 6.61 Å². The molecule has 1 N–H and O–H groups in total. The van der Waals surface area contributed by atoms with E-state index in [0.29, 0.717) is 18.4 Å². The minimum absolute atomic E-state index is 0.0865. The SMILES string of the molecule is O=C1CCC2(CCN(CC3CC=CCC3)CC2)CN1CCO. The molecule has 1 spiro atoms. The van der Waals surface area contributed by atoms with Crippen molar-refractivity contribution in [1.82, 2.24) is 9.80 Å². The lowest BCUT2D eigenvalue weighted by molar-refractivity contribution is -0.139. The van der Waals surface area contributed by atoms with Gasteiger partial charge >= 0.3 is 0 Å². The van der Waals surface area contributed by atoms with Crippen LogP contribution in [-0.2, 0) is 4.79 Å². The number of nitrogens with zero attached hydrogens (tertiary/aromatic N) is 2. The summed E-state index contributed by atoms with van der Waals surface area (Å²) in [6.07, 6.45) is 12.7. The Morgan fingerprint density at radius 2 is 2.05 bits per heavy atom. The van der Waals surface area contributed by atoms with Gasteiger partial charge in [-0.2, -0.15) is 0 Å². The van der Waals surface area contributed by atoms with Crippen LogP contribution >= 0.6 is 0 Å². The first-order chi connectivity index (χ1) is 10.7. The first-order valence-corrected chi connectivity index (χ1v) is 8.97. The molecule has 2 heterocycles. The van der Waals surface area contributed by atoms with Gasteiger partial charge in [0, 0.05) is 26.1 Å². The lowest BCUT2D eigenvalue weighted by Gasteiger charge is -2.48. The molecule has 4 heteroatoms. The lowest BCUT2D eigenvalue weighted by atomic mass is 9.72. The molecule has 1 aliphatic carbocycles. The molecule has 1 amide bonds. The molecule has 0 saturated carbocycles. The van der Waals surface area contributed by atoms with Crippen molar-refractivity contribution in [2.75, 3.05) is 39.3 Å². The predicted molar refractivity (Wildman–Crippen MR) is 87.5 cm³/mol. The molecule has 22 heavy (non-hydrogen) atoms. The number of hydrogen-bond acceptors (Lipinski definition) is 3. The number of aliphatic hydroxyl groups excluding tert-OH is 1. The van der Waals surface area contributed by atoms with Crippen LogP contribution in [0.3, 0.4) is 0 Å². The Morgan fingerprint density at radius 3 is 2.73 bits per heavy atom. The van der Waals surface area contributed by atoms with Crippen molar-refractivity contribution in [2.24, 2.45) is 11.3 Å². The molecule has 0 aromatic heterocycles. The van der Waals surface area contributed by atoms with Crippen molar-refractivity contribution in [2.45, 2.75) is 44.9 Å².